The van der Waals surface area contributed by atoms with Crippen LogP contribution in [-0.4, -0.2) is 24.7 Å². The molecule has 3 rings (SSSR count). The Labute approximate surface area is 201 Å². The van der Waals surface area contributed by atoms with Crippen molar-refractivity contribution in [2.45, 2.75) is 13.3 Å². The fourth-order valence-electron chi connectivity index (χ4n) is 2.96. The Bertz CT molecular complexity index is 1190. The Morgan fingerprint density at radius 1 is 1.06 bits per heavy atom. The highest BCUT2D eigenvalue weighted by molar-refractivity contribution is 9.10. The van der Waals surface area contributed by atoms with Crippen molar-refractivity contribution in [3.05, 3.63) is 106 Å². The zero-order valence-electron chi connectivity index (χ0n) is 18.1. The van der Waals surface area contributed by atoms with E-state index in [1.54, 1.807) is 48.5 Å². The molecule has 0 spiro atoms. The second-order valence-electron chi connectivity index (χ2n) is 7.12. The van der Waals surface area contributed by atoms with E-state index >= 15 is 0 Å². The largest absolute Gasteiger partial charge is 0.483 e. The predicted octanol–water partition coefficient (Wildman–Crippen LogP) is 5.23. The van der Waals surface area contributed by atoms with E-state index in [0.717, 1.165) is 15.6 Å². The molecule has 7 heteroatoms. The van der Waals surface area contributed by atoms with Crippen molar-refractivity contribution in [2.24, 2.45) is 5.10 Å². The maximum atomic E-state index is 12.5. The Morgan fingerprint density at radius 2 is 1.88 bits per heavy atom. The van der Waals surface area contributed by atoms with Crippen LogP contribution in [0, 0.1) is 6.92 Å². The zero-order chi connectivity index (χ0) is 23.6. The molecule has 0 fully saturated rings. The van der Waals surface area contributed by atoms with E-state index in [-0.39, 0.29) is 6.61 Å². The minimum Gasteiger partial charge on any atom is -0.483 e. The first-order chi connectivity index (χ1) is 16.0. The highest BCUT2D eigenvalue weighted by Gasteiger charge is 2.12. The summed E-state index contributed by atoms with van der Waals surface area (Å²) in [5.41, 5.74) is 5.29. The van der Waals surface area contributed by atoms with Gasteiger partial charge in [0.2, 0.25) is 0 Å². The van der Waals surface area contributed by atoms with Crippen LogP contribution in [0.1, 0.15) is 27.0 Å². The van der Waals surface area contributed by atoms with Gasteiger partial charge >= 0.3 is 5.97 Å². The average molecular weight is 507 g/mol. The van der Waals surface area contributed by atoms with Crippen LogP contribution >= 0.6 is 15.9 Å². The molecule has 0 bridgehead atoms. The zero-order valence-corrected chi connectivity index (χ0v) is 19.7. The van der Waals surface area contributed by atoms with Crippen LogP contribution < -0.4 is 14.9 Å². The van der Waals surface area contributed by atoms with E-state index in [4.69, 9.17) is 9.47 Å². The number of nitrogens with zero attached hydrogens (tertiary/aromatic N) is 1. The molecule has 0 radical (unpaired) electrons. The summed E-state index contributed by atoms with van der Waals surface area (Å²) in [5, 5.41) is 3.98. The fraction of sp³-hybridized carbons (Fsp3) is 0.115. The Kier molecular flexibility index (Phi) is 8.55. The molecule has 1 amide bonds. The number of carbonyl (C=O) groups excluding carboxylic acids is 2. The third-order valence-electron chi connectivity index (χ3n) is 4.52. The molecule has 3 aromatic carbocycles. The first-order valence-electron chi connectivity index (χ1n) is 10.2. The third-order valence-corrected chi connectivity index (χ3v) is 5.01. The van der Waals surface area contributed by atoms with Crippen molar-refractivity contribution in [1.29, 1.82) is 0 Å². The molecule has 168 valence electrons. The molecular formula is C26H23BrN2O4. The molecule has 1 N–H and O–H groups in total. The number of aryl methyl sites for hydroxylation is 1. The topological polar surface area (TPSA) is 77.0 Å². The lowest BCUT2D eigenvalue weighted by atomic mass is 10.1. The maximum absolute atomic E-state index is 12.5. The summed E-state index contributed by atoms with van der Waals surface area (Å²) in [7, 11) is 0. The number of esters is 1. The number of nitrogens with one attached hydrogen (secondary N) is 1. The van der Waals surface area contributed by atoms with Crippen molar-refractivity contribution in [3.63, 3.8) is 0 Å². The van der Waals surface area contributed by atoms with Crippen LogP contribution in [0.15, 0.2) is 89.0 Å². The minimum absolute atomic E-state index is 0.195. The maximum Gasteiger partial charge on any atom is 0.343 e. The monoisotopic (exact) mass is 506 g/mol. The van der Waals surface area contributed by atoms with Crippen LogP contribution in [-0.2, 0) is 11.2 Å². The van der Waals surface area contributed by atoms with Gasteiger partial charge in [0.1, 0.15) is 11.5 Å². The van der Waals surface area contributed by atoms with E-state index in [1.165, 1.54) is 6.21 Å². The molecule has 0 aliphatic carbocycles. The molecule has 0 heterocycles. The molecule has 0 saturated carbocycles. The SMILES string of the molecule is C=CCc1ccccc1OCC(=O)N/N=C/c1cc(Br)ccc1OC(=O)c1cccc(C)c1. The quantitative estimate of drug-likeness (QED) is 0.141. The van der Waals surface area contributed by atoms with Gasteiger partial charge in [-0.3, -0.25) is 4.79 Å². The van der Waals surface area contributed by atoms with Gasteiger partial charge in [-0.1, -0.05) is 57.9 Å². The lowest BCUT2D eigenvalue weighted by molar-refractivity contribution is -0.123. The van der Waals surface area contributed by atoms with Crippen molar-refractivity contribution in [2.75, 3.05) is 6.61 Å². The number of benzene rings is 3. The highest BCUT2D eigenvalue weighted by atomic mass is 79.9. The second kappa shape index (κ2) is 11.8. The molecule has 3 aromatic rings. The molecule has 0 saturated heterocycles. The summed E-state index contributed by atoms with van der Waals surface area (Å²) in [6.07, 6.45) is 3.82. The molecule has 33 heavy (non-hydrogen) atoms. The number of hydrogen-bond acceptors (Lipinski definition) is 5. The van der Waals surface area contributed by atoms with Crippen molar-refractivity contribution >= 4 is 34.0 Å². The summed E-state index contributed by atoms with van der Waals surface area (Å²) in [4.78, 5) is 24.7. The Balaban J connectivity index is 1.62. The summed E-state index contributed by atoms with van der Waals surface area (Å²) in [5.74, 6) is 0.0328. The first-order valence-corrected chi connectivity index (χ1v) is 11.0. The van der Waals surface area contributed by atoms with Gasteiger partial charge in [0.25, 0.3) is 5.91 Å². The molecule has 0 atom stereocenters. The van der Waals surface area contributed by atoms with Gasteiger partial charge < -0.3 is 9.47 Å². The standard InChI is InChI=1S/C26H23BrN2O4/c1-3-7-19-9-4-5-11-23(19)32-17-25(30)29-28-16-21-15-22(27)12-13-24(21)33-26(31)20-10-6-8-18(2)14-20/h3-6,8-16H,1,7,17H2,2H3,(H,29,30)/b28-16+. The number of halogens is 1. The van der Waals surface area contributed by atoms with Gasteiger partial charge in [0.15, 0.2) is 6.61 Å². The summed E-state index contributed by atoms with van der Waals surface area (Å²) in [6.45, 7) is 5.43. The van der Waals surface area contributed by atoms with Gasteiger partial charge in [-0.05, 0) is 55.3 Å². The van der Waals surface area contributed by atoms with E-state index in [2.05, 4.69) is 33.0 Å². The van der Waals surface area contributed by atoms with Crippen molar-refractivity contribution in [1.82, 2.24) is 5.43 Å². The molecule has 0 aromatic heterocycles. The molecule has 0 aliphatic heterocycles. The number of hydrogen-bond donors (Lipinski definition) is 1. The lowest BCUT2D eigenvalue weighted by Gasteiger charge is -2.10. The van der Waals surface area contributed by atoms with E-state index in [0.29, 0.717) is 29.0 Å². The third kappa shape index (κ3) is 7.15. The second-order valence-corrected chi connectivity index (χ2v) is 8.04. The normalized spacial score (nSPS) is 10.6. The van der Waals surface area contributed by atoms with E-state index in [9.17, 15) is 9.59 Å². The van der Waals surface area contributed by atoms with Gasteiger partial charge in [0, 0.05) is 10.0 Å². The number of hydrazone groups is 1. The number of allylic oxidation sites excluding steroid dienone is 1. The number of rotatable bonds is 9. The molecular weight excluding hydrogens is 484 g/mol. The summed E-state index contributed by atoms with van der Waals surface area (Å²) >= 11 is 3.39. The number of amides is 1. The lowest BCUT2D eigenvalue weighted by Crippen LogP contribution is -2.24. The number of carbonyl (C=O) groups is 2. The van der Waals surface area contributed by atoms with Gasteiger partial charge in [-0.15, -0.1) is 6.58 Å². The van der Waals surface area contributed by atoms with Gasteiger partial charge in [-0.2, -0.15) is 5.10 Å². The smallest absolute Gasteiger partial charge is 0.343 e. The highest BCUT2D eigenvalue weighted by Crippen LogP contribution is 2.23. The van der Waals surface area contributed by atoms with E-state index in [1.807, 2.05) is 31.2 Å². The van der Waals surface area contributed by atoms with Crippen LogP contribution in [0.25, 0.3) is 0 Å². The van der Waals surface area contributed by atoms with Crippen LogP contribution in [0.4, 0.5) is 0 Å². The fourth-order valence-corrected chi connectivity index (χ4v) is 3.34. The molecule has 0 unspecified atom stereocenters. The van der Waals surface area contributed by atoms with E-state index < -0.39 is 11.9 Å². The van der Waals surface area contributed by atoms with Crippen LogP contribution in [0.3, 0.4) is 0 Å². The van der Waals surface area contributed by atoms with Crippen molar-refractivity contribution < 1.29 is 19.1 Å². The summed E-state index contributed by atoms with van der Waals surface area (Å²) < 4.78 is 11.9. The number of para-hydroxylation sites is 1. The van der Waals surface area contributed by atoms with Crippen LogP contribution in [0.5, 0.6) is 11.5 Å². The van der Waals surface area contributed by atoms with Crippen molar-refractivity contribution in [3.8, 4) is 11.5 Å². The molecule has 6 nitrogen and oxygen atoms in total. The predicted molar refractivity (Wildman–Crippen MR) is 132 cm³/mol. The molecule has 0 aliphatic rings. The Hall–Kier alpha value is -3.71. The summed E-state index contributed by atoms with van der Waals surface area (Å²) in [6, 6.07) is 19.7. The van der Waals surface area contributed by atoms with Crippen LogP contribution in [0.2, 0.25) is 0 Å². The average Bonchev–Trinajstić information content (AvgIpc) is 2.80. The minimum atomic E-state index is -0.480. The van der Waals surface area contributed by atoms with Gasteiger partial charge in [0.05, 0.1) is 11.8 Å². The van der Waals surface area contributed by atoms with Gasteiger partial charge in [-0.25, -0.2) is 10.2 Å². The number of ether oxygens (including phenoxy) is 2. The Morgan fingerprint density at radius 3 is 2.67 bits per heavy atom. The first kappa shape index (κ1) is 23.9.